The van der Waals surface area contributed by atoms with E-state index in [2.05, 4.69) is 25.2 Å². The molecule has 64 valence electrons. The molecular formula is C9H17NO. The summed E-state index contributed by atoms with van der Waals surface area (Å²) in [5.74, 6) is 0.119. The molecule has 0 atom stereocenters. The summed E-state index contributed by atoms with van der Waals surface area (Å²) >= 11 is 0. The highest BCUT2D eigenvalue weighted by Gasteiger charge is 1.96. The lowest BCUT2D eigenvalue weighted by atomic mass is 10.1. The highest BCUT2D eigenvalue weighted by molar-refractivity contribution is 5.75. The minimum Gasteiger partial charge on any atom is -0.359 e. The normalized spacial score (nSPS) is 11.4. The number of carbonyl (C=O) groups is 1. The minimum atomic E-state index is 0.119. The van der Waals surface area contributed by atoms with E-state index >= 15 is 0 Å². The van der Waals surface area contributed by atoms with Gasteiger partial charge >= 0.3 is 0 Å². The van der Waals surface area contributed by atoms with E-state index in [4.69, 9.17) is 0 Å². The highest BCUT2D eigenvalue weighted by atomic mass is 16.1. The Morgan fingerprint density at radius 1 is 1.45 bits per heavy atom. The van der Waals surface area contributed by atoms with E-state index in [-0.39, 0.29) is 5.91 Å². The molecule has 0 bridgehead atoms. The van der Waals surface area contributed by atoms with E-state index in [1.54, 1.807) is 7.05 Å². The first-order chi connectivity index (χ1) is 5.20. The molecule has 0 fully saturated rings. The van der Waals surface area contributed by atoms with Gasteiger partial charge in [-0.15, -0.1) is 0 Å². The number of rotatable bonds is 4. The molecule has 1 amide bonds. The third-order valence-electron chi connectivity index (χ3n) is 1.58. The summed E-state index contributed by atoms with van der Waals surface area (Å²) in [6.45, 7) is 4.16. The Kier molecular flexibility index (Phi) is 5.53. The Morgan fingerprint density at radius 3 is 2.55 bits per heavy atom. The molecular weight excluding hydrogens is 138 g/mol. The van der Waals surface area contributed by atoms with Crippen LogP contribution in [0.3, 0.4) is 0 Å². The van der Waals surface area contributed by atoms with Crippen LogP contribution in [0.15, 0.2) is 11.6 Å². The predicted octanol–water partition coefficient (Wildman–Crippen LogP) is 1.87. The standard InChI is InChI=1S/C9H17NO/c1-4-5-8(2)6-7-9(11)10-3/h5H,4,6-7H2,1-3H3,(H,10,11)/b8-5-. The van der Waals surface area contributed by atoms with Crippen LogP contribution in [0.4, 0.5) is 0 Å². The maximum Gasteiger partial charge on any atom is 0.220 e. The fraction of sp³-hybridized carbons (Fsp3) is 0.667. The van der Waals surface area contributed by atoms with E-state index in [1.807, 2.05) is 0 Å². The van der Waals surface area contributed by atoms with Crippen molar-refractivity contribution in [2.75, 3.05) is 7.05 Å². The zero-order valence-electron chi connectivity index (χ0n) is 7.61. The smallest absolute Gasteiger partial charge is 0.220 e. The number of allylic oxidation sites excluding steroid dienone is 2. The van der Waals surface area contributed by atoms with Crippen molar-refractivity contribution in [2.45, 2.75) is 33.1 Å². The summed E-state index contributed by atoms with van der Waals surface area (Å²) in [4.78, 5) is 10.8. The van der Waals surface area contributed by atoms with Gasteiger partial charge in [-0.05, 0) is 19.8 Å². The third-order valence-corrected chi connectivity index (χ3v) is 1.58. The largest absolute Gasteiger partial charge is 0.359 e. The van der Waals surface area contributed by atoms with Crippen LogP contribution in [0.5, 0.6) is 0 Å². The van der Waals surface area contributed by atoms with Gasteiger partial charge in [0.05, 0.1) is 0 Å². The molecule has 0 aliphatic heterocycles. The maximum atomic E-state index is 10.8. The second kappa shape index (κ2) is 5.96. The van der Waals surface area contributed by atoms with Crippen LogP contribution in [-0.4, -0.2) is 13.0 Å². The van der Waals surface area contributed by atoms with E-state index in [1.165, 1.54) is 5.57 Å². The third kappa shape index (κ3) is 5.64. The molecule has 0 aromatic rings. The highest BCUT2D eigenvalue weighted by Crippen LogP contribution is 2.04. The topological polar surface area (TPSA) is 29.1 Å². The van der Waals surface area contributed by atoms with Gasteiger partial charge in [-0.3, -0.25) is 4.79 Å². The fourth-order valence-corrected chi connectivity index (χ4v) is 0.886. The van der Waals surface area contributed by atoms with Crippen LogP contribution in [0.1, 0.15) is 33.1 Å². The van der Waals surface area contributed by atoms with Crippen LogP contribution in [0, 0.1) is 0 Å². The predicted molar refractivity (Wildman–Crippen MR) is 47.3 cm³/mol. The Bertz CT molecular complexity index is 150. The van der Waals surface area contributed by atoms with Gasteiger partial charge in [-0.1, -0.05) is 18.6 Å². The van der Waals surface area contributed by atoms with Gasteiger partial charge in [0, 0.05) is 13.5 Å². The molecule has 0 saturated carbocycles. The number of carbonyl (C=O) groups excluding carboxylic acids is 1. The van der Waals surface area contributed by atoms with Crippen molar-refractivity contribution in [1.29, 1.82) is 0 Å². The monoisotopic (exact) mass is 155 g/mol. The molecule has 1 N–H and O–H groups in total. The molecule has 0 aromatic heterocycles. The average Bonchev–Trinajstić information content (AvgIpc) is 2.01. The van der Waals surface area contributed by atoms with Gasteiger partial charge in [0.2, 0.25) is 5.91 Å². The number of hydrogen-bond acceptors (Lipinski definition) is 1. The Labute approximate surface area is 68.7 Å². The Balaban J connectivity index is 3.53. The molecule has 0 aliphatic carbocycles. The molecule has 0 spiro atoms. The number of amides is 1. The van der Waals surface area contributed by atoms with Crippen molar-refractivity contribution in [2.24, 2.45) is 0 Å². The number of hydrogen-bond donors (Lipinski definition) is 1. The summed E-state index contributed by atoms with van der Waals surface area (Å²) < 4.78 is 0. The number of nitrogens with one attached hydrogen (secondary N) is 1. The molecule has 0 radical (unpaired) electrons. The lowest BCUT2D eigenvalue weighted by Gasteiger charge is -1.99. The second-order valence-electron chi connectivity index (χ2n) is 2.63. The van der Waals surface area contributed by atoms with E-state index in [9.17, 15) is 4.79 Å². The first kappa shape index (κ1) is 10.2. The first-order valence-electron chi connectivity index (χ1n) is 4.07. The van der Waals surface area contributed by atoms with Crippen molar-refractivity contribution in [3.63, 3.8) is 0 Å². The van der Waals surface area contributed by atoms with Gasteiger partial charge in [0.25, 0.3) is 0 Å². The summed E-state index contributed by atoms with van der Waals surface area (Å²) in [5, 5.41) is 2.60. The van der Waals surface area contributed by atoms with Gasteiger partial charge < -0.3 is 5.32 Å². The zero-order valence-corrected chi connectivity index (χ0v) is 7.61. The molecule has 2 heteroatoms. The first-order valence-corrected chi connectivity index (χ1v) is 4.07. The van der Waals surface area contributed by atoms with Crippen LogP contribution >= 0.6 is 0 Å². The van der Waals surface area contributed by atoms with Crippen molar-refractivity contribution >= 4 is 5.91 Å². The van der Waals surface area contributed by atoms with Crippen LogP contribution in [-0.2, 0) is 4.79 Å². The second-order valence-corrected chi connectivity index (χ2v) is 2.63. The van der Waals surface area contributed by atoms with Crippen molar-refractivity contribution in [3.8, 4) is 0 Å². The van der Waals surface area contributed by atoms with Gasteiger partial charge in [-0.2, -0.15) is 0 Å². The summed E-state index contributed by atoms with van der Waals surface area (Å²) in [6, 6.07) is 0. The van der Waals surface area contributed by atoms with Crippen molar-refractivity contribution in [1.82, 2.24) is 5.32 Å². The Morgan fingerprint density at radius 2 is 2.09 bits per heavy atom. The molecule has 0 aromatic carbocycles. The zero-order chi connectivity index (χ0) is 8.69. The lowest BCUT2D eigenvalue weighted by Crippen LogP contribution is -2.16. The van der Waals surface area contributed by atoms with Crippen LogP contribution in [0.25, 0.3) is 0 Å². The fourth-order valence-electron chi connectivity index (χ4n) is 0.886. The van der Waals surface area contributed by atoms with E-state index in [0.29, 0.717) is 6.42 Å². The molecule has 0 rings (SSSR count). The lowest BCUT2D eigenvalue weighted by molar-refractivity contribution is -0.120. The molecule has 0 heterocycles. The van der Waals surface area contributed by atoms with E-state index < -0.39 is 0 Å². The average molecular weight is 155 g/mol. The van der Waals surface area contributed by atoms with Crippen LogP contribution in [0.2, 0.25) is 0 Å². The quantitative estimate of drug-likeness (QED) is 0.617. The molecule has 0 saturated heterocycles. The summed E-state index contributed by atoms with van der Waals surface area (Å²) in [6.07, 6.45) is 4.70. The molecule has 0 aliphatic rings. The minimum absolute atomic E-state index is 0.119. The van der Waals surface area contributed by atoms with Crippen molar-refractivity contribution < 1.29 is 4.79 Å². The van der Waals surface area contributed by atoms with Gasteiger partial charge in [0.1, 0.15) is 0 Å². The van der Waals surface area contributed by atoms with Crippen molar-refractivity contribution in [3.05, 3.63) is 11.6 Å². The van der Waals surface area contributed by atoms with E-state index in [0.717, 1.165) is 12.8 Å². The maximum absolute atomic E-state index is 10.8. The SMILES string of the molecule is CC/C=C(/C)CCC(=O)NC. The van der Waals surface area contributed by atoms with Gasteiger partial charge in [0.15, 0.2) is 0 Å². The van der Waals surface area contributed by atoms with Crippen LogP contribution < -0.4 is 5.32 Å². The molecule has 2 nitrogen and oxygen atoms in total. The molecule has 0 unspecified atom stereocenters. The summed E-state index contributed by atoms with van der Waals surface area (Å²) in [7, 11) is 1.67. The summed E-state index contributed by atoms with van der Waals surface area (Å²) in [5.41, 5.74) is 1.30. The molecule has 11 heavy (non-hydrogen) atoms. The Hall–Kier alpha value is -0.790. The van der Waals surface area contributed by atoms with Gasteiger partial charge in [-0.25, -0.2) is 0 Å².